The maximum absolute atomic E-state index is 13.3. The number of carboxylic acids is 1. The lowest BCUT2D eigenvalue weighted by atomic mass is 10.2. The fourth-order valence-corrected chi connectivity index (χ4v) is 1.30. The SMILES string of the molecule is COc1cc(NCCC(=O)O)c([N+](=O)[O-])cc1F. The van der Waals surface area contributed by atoms with E-state index in [0.717, 1.165) is 12.1 Å². The number of benzene rings is 1. The van der Waals surface area contributed by atoms with Crippen molar-refractivity contribution in [2.24, 2.45) is 0 Å². The van der Waals surface area contributed by atoms with Gasteiger partial charge in [-0.1, -0.05) is 0 Å². The van der Waals surface area contributed by atoms with Crippen LogP contribution < -0.4 is 10.1 Å². The maximum atomic E-state index is 13.3. The number of carboxylic acid groups (broad SMARTS) is 1. The zero-order valence-electron chi connectivity index (χ0n) is 9.47. The normalized spacial score (nSPS) is 9.89. The number of aliphatic carboxylic acids is 1. The van der Waals surface area contributed by atoms with Crippen molar-refractivity contribution in [2.75, 3.05) is 19.0 Å². The lowest BCUT2D eigenvalue weighted by Gasteiger charge is -2.08. The monoisotopic (exact) mass is 258 g/mol. The van der Waals surface area contributed by atoms with Crippen molar-refractivity contribution < 1.29 is 24.0 Å². The standard InChI is InChI=1S/C10H11FN2O5/c1-18-9-5-7(12-3-2-10(14)15)8(13(16)17)4-6(9)11/h4-5,12H,2-3H2,1H3,(H,14,15). The number of nitro benzene ring substituents is 1. The molecule has 0 aliphatic carbocycles. The second-order valence-electron chi connectivity index (χ2n) is 3.33. The van der Waals surface area contributed by atoms with Crippen molar-refractivity contribution in [3.05, 3.63) is 28.1 Å². The molecule has 0 fully saturated rings. The molecule has 0 aromatic heterocycles. The molecule has 0 heterocycles. The number of halogens is 1. The van der Waals surface area contributed by atoms with E-state index in [2.05, 4.69) is 5.32 Å². The van der Waals surface area contributed by atoms with Gasteiger partial charge in [0.2, 0.25) is 0 Å². The van der Waals surface area contributed by atoms with Gasteiger partial charge in [-0.05, 0) is 0 Å². The van der Waals surface area contributed by atoms with Gasteiger partial charge < -0.3 is 15.2 Å². The van der Waals surface area contributed by atoms with Gasteiger partial charge in [-0.2, -0.15) is 0 Å². The second-order valence-corrected chi connectivity index (χ2v) is 3.33. The number of nitrogens with zero attached hydrogens (tertiary/aromatic N) is 1. The number of nitrogens with one attached hydrogen (secondary N) is 1. The van der Waals surface area contributed by atoms with E-state index in [-0.39, 0.29) is 24.4 Å². The average molecular weight is 258 g/mol. The summed E-state index contributed by atoms with van der Waals surface area (Å²) in [5, 5.41) is 21.7. The summed E-state index contributed by atoms with van der Waals surface area (Å²) in [6.45, 7) is -0.00897. The summed E-state index contributed by atoms with van der Waals surface area (Å²) < 4.78 is 18.0. The van der Waals surface area contributed by atoms with E-state index in [9.17, 15) is 19.3 Å². The third-order valence-corrected chi connectivity index (χ3v) is 2.12. The molecule has 0 saturated carbocycles. The van der Waals surface area contributed by atoms with E-state index in [0.29, 0.717) is 0 Å². The lowest BCUT2D eigenvalue weighted by Crippen LogP contribution is -2.09. The van der Waals surface area contributed by atoms with E-state index < -0.39 is 22.4 Å². The van der Waals surface area contributed by atoms with Crippen molar-refractivity contribution in [3.63, 3.8) is 0 Å². The Balaban J connectivity index is 2.99. The summed E-state index contributed by atoms with van der Waals surface area (Å²) in [7, 11) is 1.23. The second kappa shape index (κ2) is 5.80. The van der Waals surface area contributed by atoms with Crippen molar-refractivity contribution in [1.82, 2.24) is 0 Å². The molecule has 0 amide bonds. The third-order valence-electron chi connectivity index (χ3n) is 2.12. The predicted octanol–water partition coefficient (Wildman–Crippen LogP) is 1.63. The van der Waals surface area contributed by atoms with Gasteiger partial charge in [-0.15, -0.1) is 0 Å². The number of anilines is 1. The van der Waals surface area contributed by atoms with Crippen LogP contribution in [0, 0.1) is 15.9 Å². The van der Waals surface area contributed by atoms with Gasteiger partial charge in [0, 0.05) is 12.6 Å². The number of ether oxygens (including phenoxy) is 1. The van der Waals surface area contributed by atoms with Crippen LogP contribution in [-0.4, -0.2) is 29.7 Å². The Bertz CT molecular complexity index is 478. The predicted molar refractivity (Wildman–Crippen MR) is 60.3 cm³/mol. The Morgan fingerprint density at radius 3 is 2.78 bits per heavy atom. The molecule has 1 aromatic rings. The van der Waals surface area contributed by atoms with Crippen molar-refractivity contribution in [2.45, 2.75) is 6.42 Å². The van der Waals surface area contributed by atoms with Gasteiger partial charge in [0.25, 0.3) is 5.69 Å². The Morgan fingerprint density at radius 2 is 2.28 bits per heavy atom. The summed E-state index contributed by atoms with van der Waals surface area (Å²) in [6, 6.07) is 1.84. The Labute approximate surface area is 101 Å². The van der Waals surface area contributed by atoms with E-state index in [1.807, 2.05) is 0 Å². The smallest absolute Gasteiger partial charge is 0.305 e. The molecule has 1 rings (SSSR count). The molecule has 0 spiro atoms. The van der Waals surface area contributed by atoms with Crippen molar-refractivity contribution >= 4 is 17.3 Å². The molecule has 0 bridgehead atoms. The summed E-state index contributed by atoms with van der Waals surface area (Å²) >= 11 is 0. The van der Waals surface area contributed by atoms with Gasteiger partial charge in [0.15, 0.2) is 11.6 Å². The van der Waals surface area contributed by atoms with Gasteiger partial charge >= 0.3 is 5.97 Å². The van der Waals surface area contributed by atoms with Crippen LogP contribution in [-0.2, 0) is 4.79 Å². The van der Waals surface area contributed by atoms with E-state index in [1.54, 1.807) is 0 Å². The molecule has 98 valence electrons. The third kappa shape index (κ3) is 3.30. The summed E-state index contributed by atoms with van der Waals surface area (Å²) in [6.07, 6.45) is -0.211. The first-order chi connectivity index (χ1) is 8.45. The number of hydrogen-bond acceptors (Lipinski definition) is 5. The molecule has 7 nitrogen and oxygen atoms in total. The van der Waals surface area contributed by atoms with Crippen LogP contribution in [0.25, 0.3) is 0 Å². The zero-order chi connectivity index (χ0) is 13.7. The molecule has 1 aromatic carbocycles. The topological polar surface area (TPSA) is 102 Å². The van der Waals surface area contributed by atoms with Gasteiger partial charge in [0.05, 0.1) is 24.5 Å². The first-order valence-corrected chi connectivity index (χ1v) is 4.93. The van der Waals surface area contributed by atoms with Gasteiger partial charge in [-0.3, -0.25) is 14.9 Å². The quantitative estimate of drug-likeness (QED) is 0.594. The molecule has 0 saturated heterocycles. The first-order valence-electron chi connectivity index (χ1n) is 4.93. The first kappa shape index (κ1) is 13.7. The molecule has 8 heteroatoms. The summed E-state index contributed by atoms with van der Waals surface area (Å²) in [5.74, 6) is -2.05. The molecule has 0 unspecified atom stereocenters. The van der Waals surface area contributed by atoms with Crippen molar-refractivity contribution in [1.29, 1.82) is 0 Å². The van der Waals surface area contributed by atoms with Crippen LogP contribution in [0.3, 0.4) is 0 Å². The number of methoxy groups -OCH3 is 1. The van der Waals surface area contributed by atoms with E-state index in [1.165, 1.54) is 7.11 Å². The fraction of sp³-hybridized carbons (Fsp3) is 0.300. The minimum atomic E-state index is -1.04. The average Bonchev–Trinajstić information content (AvgIpc) is 2.29. The molecular formula is C10H11FN2O5. The minimum Gasteiger partial charge on any atom is -0.494 e. The highest BCUT2D eigenvalue weighted by molar-refractivity contribution is 5.69. The summed E-state index contributed by atoms with van der Waals surface area (Å²) in [4.78, 5) is 20.3. The highest BCUT2D eigenvalue weighted by Crippen LogP contribution is 2.31. The van der Waals surface area contributed by atoms with Crippen LogP contribution in [0.4, 0.5) is 15.8 Å². The molecular weight excluding hydrogens is 247 g/mol. The fourth-order valence-electron chi connectivity index (χ4n) is 1.30. The van der Waals surface area contributed by atoms with Crippen LogP contribution in [0.5, 0.6) is 5.75 Å². The lowest BCUT2D eigenvalue weighted by molar-refractivity contribution is -0.384. The van der Waals surface area contributed by atoms with Crippen LogP contribution in [0.15, 0.2) is 12.1 Å². The Morgan fingerprint density at radius 1 is 1.61 bits per heavy atom. The van der Waals surface area contributed by atoms with E-state index in [4.69, 9.17) is 9.84 Å². The maximum Gasteiger partial charge on any atom is 0.305 e. The molecule has 0 atom stereocenters. The zero-order valence-corrected chi connectivity index (χ0v) is 9.47. The molecule has 2 N–H and O–H groups in total. The molecule has 0 aliphatic heterocycles. The highest BCUT2D eigenvalue weighted by Gasteiger charge is 2.18. The highest BCUT2D eigenvalue weighted by atomic mass is 19.1. The number of nitro groups is 1. The van der Waals surface area contributed by atoms with Crippen LogP contribution >= 0.6 is 0 Å². The van der Waals surface area contributed by atoms with Gasteiger partial charge in [-0.25, -0.2) is 4.39 Å². The van der Waals surface area contributed by atoms with Crippen LogP contribution in [0.2, 0.25) is 0 Å². The molecule has 18 heavy (non-hydrogen) atoms. The molecule has 0 radical (unpaired) electrons. The van der Waals surface area contributed by atoms with Crippen LogP contribution in [0.1, 0.15) is 6.42 Å². The van der Waals surface area contributed by atoms with E-state index >= 15 is 0 Å². The number of rotatable bonds is 6. The Hall–Kier alpha value is -2.38. The van der Waals surface area contributed by atoms with Crippen molar-refractivity contribution in [3.8, 4) is 5.75 Å². The summed E-state index contributed by atoms with van der Waals surface area (Å²) in [5.41, 5.74) is -0.460. The Kier molecular flexibility index (Phi) is 4.41. The van der Waals surface area contributed by atoms with Gasteiger partial charge in [0.1, 0.15) is 5.69 Å². The largest absolute Gasteiger partial charge is 0.494 e. The minimum absolute atomic E-state index is 0.00897. The molecule has 0 aliphatic rings. The number of carbonyl (C=O) groups is 1. The number of hydrogen-bond donors (Lipinski definition) is 2.